The lowest BCUT2D eigenvalue weighted by Gasteiger charge is -2.27. The van der Waals surface area contributed by atoms with Crippen molar-refractivity contribution in [2.45, 2.75) is 25.8 Å². The summed E-state index contributed by atoms with van der Waals surface area (Å²) >= 11 is 0. The highest BCUT2D eigenvalue weighted by atomic mass is 15.1. The first-order valence-electron chi connectivity index (χ1n) is 7.71. The fraction of sp³-hybridized carbons (Fsp3) is 0.368. The predicted octanol–water partition coefficient (Wildman–Crippen LogP) is 3.56. The Kier molecular flexibility index (Phi) is 5.97. The second-order valence-electron chi connectivity index (χ2n) is 5.73. The molecular weight excluding hydrogens is 256 g/mol. The molecule has 21 heavy (non-hydrogen) atoms. The van der Waals surface area contributed by atoms with Crippen LogP contribution < -0.4 is 5.73 Å². The molecule has 2 heteroatoms. The van der Waals surface area contributed by atoms with Crippen LogP contribution >= 0.6 is 0 Å². The Labute approximate surface area is 128 Å². The molecule has 0 radical (unpaired) electrons. The van der Waals surface area contributed by atoms with Crippen LogP contribution in [-0.4, -0.2) is 25.0 Å². The standard InChI is InChI=1S/C19H26N2/c1-16-10-12-18(13-11-16)19(15-20)21(2)14-6-9-17-7-4-3-5-8-17/h3-5,7-8,10-13,19H,6,9,14-15,20H2,1-2H3. The molecule has 0 saturated carbocycles. The maximum absolute atomic E-state index is 5.98. The van der Waals surface area contributed by atoms with Crippen LogP contribution in [0.1, 0.15) is 29.2 Å². The Morgan fingerprint density at radius 1 is 1.00 bits per heavy atom. The maximum Gasteiger partial charge on any atom is 0.0467 e. The van der Waals surface area contributed by atoms with E-state index < -0.39 is 0 Å². The zero-order valence-electron chi connectivity index (χ0n) is 13.1. The van der Waals surface area contributed by atoms with Crippen molar-refractivity contribution in [1.82, 2.24) is 4.90 Å². The average molecular weight is 282 g/mol. The molecule has 0 amide bonds. The third kappa shape index (κ3) is 4.69. The number of hydrogen-bond acceptors (Lipinski definition) is 2. The molecule has 2 aromatic carbocycles. The molecule has 0 heterocycles. The summed E-state index contributed by atoms with van der Waals surface area (Å²) in [5, 5.41) is 0. The van der Waals surface area contributed by atoms with Crippen molar-refractivity contribution in [3.05, 3.63) is 71.3 Å². The summed E-state index contributed by atoms with van der Waals surface area (Å²) in [4.78, 5) is 2.37. The average Bonchev–Trinajstić information content (AvgIpc) is 2.51. The molecule has 0 aliphatic carbocycles. The zero-order valence-corrected chi connectivity index (χ0v) is 13.1. The number of likely N-dealkylation sites (N-methyl/N-ethyl adjacent to an activating group) is 1. The number of nitrogens with two attached hydrogens (primary N) is 1. The van der Waals surface area contributed by atoms with Gasteiger partial charge in [-0.3, -0.25) is 4.90 Å². The van der Waals surface area contributed by atoms with Crippen LogP contribution in [-0.2, 0) is 6.42 Å². The molecule has 112 valence electrons. The van der Waals surface area contributed by atoms with E-state index in [0.717, 1.165) is 19.4 Å². The molecule has 0 saturated heterocycles. The first-order chi connectivity index (χ1) is 10.2. The number of aryl methyl sites for hydroxylation is 2. The van der Waals surface area contributed by atoms with Gasteiger partial charge in [-0.05, 0) is 44.5 Å². The van der Waals surface area contributed by atoms with E-state index in [4.69, 9.17) is 5.73 Å². The number of nitrogens with zero attached hydrogens (tertiary/aromatic N) is 1. The largest absolute Gasteiger partial charge is 0.329 e. The molecule has 2 nitrogen and oxygen atoms in total. The molecule has 0 bridgehead atoms. The smallest absolute Gasteiger partial charge is 0.0467 e. The van der Waals surface area contributed by atoms with Gasteiger partial charge in [0.25, 0.3) is 0 Å². The van der Waals surface area contributed by atoms with E-state index in [1.54, 1.807) is 0 Å². The molecule has 2 aromatic rings. The molecule has 2 N–H and O–H groups in total. The SMILES string of the molecule is Cc1ccc(C(CN)N(C)CCCc2ccccc2)cc1. The first kappa shape index (κ1) is 15.7. The van der Waals surface area contributed by atoms with Crippen LogP contribution in [0.4, 0.5) is 0 Å². The first-order valence-corrected chi connectivity index (χ1v) is 7.71. The van der Waals surface area contributed by atoms with E-state index in [-0.39, 0.29) is 0 Å². The Bertz CT molecular complexity index is 519. The van der Waals surface area contributed by atoms with Crippen molar-refractivity contribution in [3.8, 4) is 0 Å². The Morgan fingerprint density at radius 2 is 1.67 bits per heavy atom. The number of benzene rings is 2. The third-order valence-electron chi connectivity index (χ3n) is 4.04. The highest BCUT2D eigenvalue weighted by molar-refractivity contribution is 5.24. The Hall–Kier alpha value is -1.64. The molecule has 0 spiro atoms. The van der Waals surface area contributed by atoms with E-state index in [9.17, 15) is 0 Å². The van der Waals surface area contributed by atoms with Gasteiger partial charge in [0.1, 0.15) is 0 Å². The summed E-state index contributed by atoms with van der Waals surface area (Å²) < 4.78 is 0. The van der Waals surface area contributed by atoms with Crippen molar-refractivity contribution < 1.29 is 0 Å². The second-order valence-corrected chi connectivity index (χ2v) is 5.73. The minimum atomic E-state index is 0.307. The van der Waals surface area contributed by atoms with Crippen molar-refractivity contribution >= 4 is 0 Å². The van der Waals surface area contributed by atoms with E-state index >= 15 is 0 Å². The van der Waals surface area contributed by atoms with Crippen LogP contribution in [0.15, 0.2) is 54.6 Å². The Morgan fingerprint density at radius 3 is 2.29 bits per heavy atom. The van der Waals surface area contributed by atoms with Gasteiger partial charge < -0.3 is 5.73 Å². The lowest BCUT2D eigenvalue weighted by atomic mass is 10.0. The van der Waals surface area contributed by atoms with E-state index in [0.29, 0.717) is 12.6 Å². The van der Waals surface area contributed by atoms with Crippen LogP contribution in [0.3, 0.4) is 0 Å². The molecule has 0 aliphatic rings. The molecule has 0 aromatic heterocycles. The van der Waals surface area contributed by atoms with Gasteiger partial charge in [0, 0.05) is 12.6 Å². The minimum absolute atomic E-state index is 0.307. The topological polar surface area (TPSA) is 29.3 Å². The van der Waals surface area contributed by atoms with Crippen LogP contribution in [0.5, 0.6) is 0 Å². The van der Waals surface area contributed by atoms with Crippen molar-refractivity contribution in [2.75, 3.05) is 20.1 Å². The highest BCUT2D eigenvalue weighted by Gasteiger charge is 2.14. The van der Waals surface area contributed by atoms with Gasteiger partial charge in [0.05, 0.1) is 0 Å². The lowest BCUT2D eigenvalue weighted by Crippen LogP contribution is -2.31. The van der Waals surface area contributed by atoms with E-state index in [1.807, 2.05) is 0 Å². The van der Waals surface area contributed by atoms with Gasteiger partial charge in [-0.2, -0.15) is 0 Å². The summed E-state index contributed by atoms with van der Waals surface area (Å²) in [6, 6.07) is 19.7. The Balaban J connectivity index is 1.88. The quantitative estimate of drug-likeness (QED) is 0.841. The molecule has 0 aliphatic heterocycles. The summed E-state index contributed by atoms with van der Waals surface area (Å²) in [6.45, 7) is 3.83. The van der Waals surface area contributed by atoms with Gasteiger partial charge in [0.2, 0.25) is 0 Å². The monoisotopic (exact) mass is 282 g/mol. The summed E-state index contributed by atoms with van der Waals surface area (Å²) in [5.41, 5.74) is 10.00. The van der Waals surface area contributed by atoms with Gasteiger partial charge >= 0.3 is 0 Å². The van der Waals surface area contributed by atoms with Crippen molar-refractivity contribution in [3.63, 3.8) is 0 Å². The lowest BCUT2D eigenvalue weighted by molar-refractivity contribution is 0.247. The fourth-order valence-corrected chi connectivity index (χ4v) is 2.69. The van der Waals surface area contributed by atoms with Gasteiger partial charge in [-0.25, -0.2) is 0 Å². The third-order valence-corrected chi connectivity index (χ3v) is 4.04. The second kappa shape index (κ2) is 7.96. The summed E-state index contributed by atoms with van der Waals surface area (Å²) in [5.74, 6) is 0. The molecular formula is C19H26N2. The number of hydrogen-bond donors (Lipinski definition) is 1. The highest BCUT2D eigenvalue weighted by Crippen LogP contribution is 2.19. The van der Waals surface area contributed by atoms with Crippen LogP contribution in [0.2, 0.25) is 0 Å². The zero-order chi connectivity index (χ0) is 15.1. The van der Waals surface area contributed by atoms with Crippen LogP contribution in [0, 0.1) is 6.92 Å². The predicted molar refractivity (Wildman–Crippen MR) is 90.4 cm³/mol. The maximum atomic E-state index is 5.98. The minimum Gasteiger partial charge on any atom is -0.329 e. The summed E-state index contributed by atoms with van der Waals surface area (Å²) in [6.07, 6.45) is 2.28. The van der Waals surface area contributed by atoms with Crippen LogP contribution in [0.25, 0.3) is 0 Å². The fourth-order valence-electron chi connectivity index (χ4n) is 2.69. The van der Waals surface area contributed by atoms with Gasteiger partial charge in [-0.15, -0.1) is 0 Å². The molecule has 2 rings (SSSR count). The van der Waals surface area contributed by atoms with Gasteiger partial charge in [-0.1, -0.05) is 60.2 Å². The molecule has 1 atom stereocenters. The van der Waals surface area contributed by atoms with Gasteiger partial charge in [0.15, 0.2) is 0 Å². The van der Waals surface area contributed by atoms with E-state index in [1.165, 1.54) is 16.7 Å². The number of rotatable bonds is 7. The molecule has 0 fully saturated rings. The molecule has 1 unspecified atom stereocenters. The van der Waals surface area contributed by atoms with Crippen molar-refractivity contribution in [2.24, 2.45) is 5.73 Å². The normalized spacial score (nSPS) is 12.6. The summed E-state index contributed by atoms with van der Waals surface area (Å²) in [7, 11) is 2.17. The van der Waals surface area contributed by atoms with E-state index in [2.05, 4.69) is 73.5 Å². The van der Waals surface area contributed by atoms with Crippen molar-refractivity contribution in [1.29, 1.82) is 0 Å².